The Hall–Kier alpha value is -3.15. The van der Waals surface area contributed by atoms with Crippen LogP contribution in [0.2, 0.25) is 0 Å². The molecule has 6 heteroatoms. The number of nitrogens with zero attached hydrogens (tertiary/aromatic N) is 3. The zero-order valence-corrected chi connectivity index (χ0v) is 23.6. The summed E-state index contributed by atoms with van der Waals surface area (Å²) in [4.78, 5) is 25.3. The second-order valence-corrected chi connectivity index (χ2v) is 11.8. The van der Waals surface area contributed by atoms with Crippen LogP contribution in [0, 0.1) is 18.8 Å². The number of hydrogen-bond donors (Lipinski definition) is 1. The third kappa shape index (κ3) is 6.90. The molecule has 0 aliphatic heterocycles. The summed E-state index contributed by atoms with van der Waals surface area (Å²) in [5, 5.41) is 0. The summed E-state index contributed by atoms with van der Waals surface area (Å²) in [6.45, 7) is 2.85. The fraction of sp³-hybridized carbons (Fsp3) is 0.545. The number of amides is 1. The van der Waals surface area contributed by atoms with E-state index in [2.05, 4.69) is 30.1 Å². The largest absolute Gasteiger partial charge is 0.496 e. The van der Waals surface area contributed by atoms with E-state index in [1.165, 1.54) is 17.5 Å². The quantitative estimate of drug-likeness (QED) is 0.362. The van der Waals surface area contributed by atoms with Crippen LogP contribution in [0.5, 0.6) is 5.75 Å². The van der Waals surface area contributed by atoms with Gasteiger partial charge in [-0.2, -0.15) is 0 Å². The molecule has 3 aliphatic carbocycles. The molecule has 3 aliphatic rings. The number of carbonyl (C=O) groups excluding carboxylic acids is 1. The fourth-order valence-corrected chi connectivity index (χ4v) is 6.33. The minimum atomic E-state index is 0.101. The highest BCUT2D eigenvalue weighted by atomic mass is 16.5. The second-order valence-electron chi connectivity index (χ2n) is 11.8. The van der Waals surface area contributed by atoms with Gasteiger partial charge < -0.3 is 10.5 Å². The molecule has 1 amide bonds. The first-order valence-electron chi connectivity index (χ1n) is 14.9. The van der Waals surface area contributed by atoms with Crippen molar-refractivity contribution in [3.05, 3.63) is 59.4 Å². The van der Waals surface area contributed by atoms with Crippen LogP contribution in [0.25, 0.3) is 5.57 Å². The predicted molar refractivity (Wildman–Crippen MR) is 159 cm³/mol. The van der Waals surface area contributed by atoms with E-state index in [1.54, 1.807) is 13.3 Å². The van der Waals surface area contributed by atoms with E-state index in [0.29, 0.717) is 17.9 Å². The first kappa shape index (κ1) is 27.4. The summed E-state index contributed by atoms with van der Waals surface area (Å²) in [6.07, 6.45) is 17.6. The number of aliphatic imine (C=N–C) groups is 1. The lowest BCUT2D eigenvalue weighted by molar-refractivity contribution is -0.123. The molecular weight excluding hydrogens is 484 g/mol. The maximum Gasteiger partial charge on any atom is 0.231 e. The Morgan fingerprint density at radius 1 is 1.05 bits per heavy atom. The molecule has 39 heavy (non-hydrogen) atoms. The summed E-state index contributed by atoms with van der Waals surface area (Å²) in [6, 6.07) is 11.0. The van der Waals surface area contributed by atoms with Gasteiger partial charge in [-0.1, -0.05) is 31.4 Å². The van der Waals surface area contributed by atoms with Crippen molar-refractivity contribution in [1.29, 1.82) is 0 Å². The predicted octanol–water partition coefficient (Wildman–Crippen LogP) is 6.82. The summed E-state index contributed by atoms with van der Waals surface area (Å²) < 4.78 is 5.46. The zero-order chi connectivity index (χ0) is 27.2. The molecule has 208 valence electrons. The van der Waals surface area contributed by atoms with E-state index in [1.807, 2.05) is 29.4 Å². The topological polar surface area (TPSA) is 80.8 Å². The molecule has 0 atom stereocenters. The molecule has 5 rings (SSSR count). The molecule has 3 fully saturated rings. The summed E-state index contributed by atoms with van der Waals surface area (Å²) in [7, 11) is 1.73. The van der Waals surface area contributed by atoms with Crippen molar-refractivity contribution in [3.8, 4) is 5.75 Å². The van der Waals surface area contributed by atoms with Crippen molar-refractivity contribution in [2.45, 2.75) is 89.5 Å². The molecule has 2 aromatic rings. The SMILES string of the molecule is COc1ccc(C2CCC(CN(C(=O)C3CCCCC3)c3cc(C(C=NC4CC4)=CN)ccn3)CC2)cc1C. The van der Waals surface area contributed by atoms with Crippen molar-refractivity contribution in [2.24, 2.45) is 22.6 Å². The molecule has 1 heterocycles. The van der Waals surface area contributed by atoms with Gasteiger partial charge in [0.2, 0.25) is 5.91 Å². The molecular formula is C33H44N4O2. The number of benzene rings is 1. The molecule has 0 spiro atoms. The molecule has 0 unspecified atom stereocenters. The average Bonchev–Trinajstić information content (AvgIpc) is 3.81. The molecule has 0 radical (unpaired) electrons. The lowest BCUT2D eigenvalue weighted by Gasteiger charge is -2.35. The zero-order valence-electron chi connectivity index (χ0n) is 23.6. The number of rotatable bonds is 9. The first-order chi connectivity index (χ1) is 19.1. The van der Waals surface area contributed by atoms with Crippen LogP contribution in [0.4, 0.5) is 5.82 Å². The number of carbonyl (C=O) groups is 1. The maximum absolute atomic E-state index is 13.9. The summed E-state index contributed by atoms with van der Waals surface area (Å²) in [5.41, 5.74) is 10.4. The van der Waals surface area contributed by atoms with Gasteiger partial charge in [-0.05, 0) is 105 Å². The third-order valence-corrected chi connectivity index (χ3v) is 8.90. The van der Waals surface area contributed by atoms with Gasteiger partial charge in [-0.15, -0.1) is 0 Å². The van der Waals surface area contributed by atoms with Crippen LogP contribution in [0.1, 0.15) is 93.2 Å². The van der Waals surface area contributed by atoms with Crippen molar-refractivity contribution in [2.75, 3.05) is 18.6 Å². The number of anilines is 1. The number of pyridine rings is 1. The van der Waals surface area contributed by atoms with E-state index in [0.717, 1.165) is 93.5 Å². The van der Waals surface area contributed by atoms with Crippen LogP contribution in [-0.2, 0) is 4.79 Å². The van der Waals surface area contributed by atoms with Gasteiger partial charge in [0.1, 0.15) is 11.6 Å². The van der Waals surface area contributed by atoms with Crippen molar-refractivity contribution in [1.82, 2.24) is 4.98 Å². The van der Waals surface area contributed by atoms with Crippen LogP contribution in [-0.4, -0.2) is 36.8 Å². The minimum Gasteiger partial charge on any atom is -0.496 e. The van der Waals surface area contributed by atoms with E-state index in [9.17, 15) is 4.79 Å². The van der Waals surface area contributed by atoms with E-state index in [-0.39, 0.29) is 11.8 Å². The van der Waals surface area contributed by atoms with Gasteiger partial charge in [0.25, 0.3) is 0 Å². The Morgan fingerprint density at radius 3 is 2.49 bits per heavy atom. The Balaban J connectivity index is 1.32. The van der Waals surface area contributed by atoms with E-state index >= 15 is 0 Å². The van der Waals surface area contributed by atoms with Gasteiger partial charge in [0.15, 0.2) is 0 Å². The highest BCUT2D eigenvalue weighted by molar-refractivity contribution is 6.10. The lowest BCUT2D eigenvalue weighted by Crippen LogP contribution is -2.41. The number of allylic oxidation sites excluding steroid dienone is 1. The smallest absolute Gasteiger partial charge is 0.231 e. The Morgan fingerprint density at radius 2 is 1.82 bits per heavy atom. The summed E-state index contributed by atoms with van der Waals surface area (Å²) >= 11 is 0. The minimum absolute atomic E-state index is 0.101. The molecule has 1 aromatic heterocycles. The van der Waals surface area contributed by atoms with Crippen LogP contribution in [0.3, 0.4) is 0 Å². The normalized spacial score (nSPS) is 22.7. The Kier molecular flexibility index (Phi) is 9.00. The highest BCUT2D eigenvalue weighted by Gasteiger charge is 2.31. The monoisotopic (exact) mass is 528 g/mol. The van der Waals surface area contributed by atoms with Gasteiger partial charge in [-0.3, -0.25) is 14.7 Å². The van der Waals surface area contributed by atoms with Gasteiger partial charge >= 0.3 is 0 Å². The number of methoxy groups -OCH3 is 1. The summed E-state index contributed by atoms with van der Waals surface area (Å²) in [5.74, 6) is 3.08. The lowest BCUT2D eigenvalue weighted by atomic mass is 9.78. The van der Waals surface area contributed by atoms with E-state index < -0.39 is 0 Å². The maximum atomic E-state index is 13.9. The Bertz CT molecular complexity index is 1190. The van der Waals surface area contributed by atoms with Gasteiger partial charge in [-0.25, -0.2) is 4.98 Å². The van der Waals surface area contributed by atoms with Crippen molar-refractivity contribution >= 4 is 23.5 Å². The number of aromatic nitrogens is 1. The molecule has 1 aromatic carbocycles. The van der Waals surface area contributed by atoms with Crippen LogP contribution in [0.15, 0.2) is 47.7 Å². The average molecular weight is 529 g/mol. The van der Waals surface area contributed by atoms with E-state index in [4.69, 9.17) is 15.5 Å². The molecule has 0 saturated heterocycles. The van der Waals surface area contributed by atoms with Crippen molar-refractivity contribution in [3.63, 3.8) is 0 Å². The molecule has 6 nitrogen and oxygen atoms in total. The standard InChI is InChI=1S/C33H44N4O2/c1-23-18-27(12-15-31(23)39-2)25-10-8-24(9-11-25)22-37(33(38)26-6-4-3-5-7-26)32-19-28(16-17-35-32)29(20-34)21-36-30-13-14-30/h12,15-21,24-26,30H,3-11,13-14,22,34H2,1-2H3. The van der Waals surface area contributed by atoms with Crippen LogP contribution < -0.4 is 15.4 Å². The fourth-order valence-electron chi connectivity index (χ4n) is 6.33. The van der Waals surface area contributed by atoms with Gasteiger partial charge in [0.05, 0.1) is 13.2 Å². The number of aryl methyl sites for hydroxylation is 1. The number of hydrogen-bond acceptors (Lipinski definition) is 5. The first-order valence-corrected chi connectivity index (χ1v) is 14.9. The second kappa shape index (κ2) is 12.8. The van der Waals surface area contributed by atoms with Gasteiger partial charge in [0, 0.05) is 36.6 Å². The molecule has 0 bridgehead atoms. The molecule has 3 saturated carbocycles. The highest BCUT2D eigenvalue weighted by Crippen LogP contribution is 2.38. The van der Waals surface area contributed by atoms with Crippen LogP contribution >= 0.6 is 0 Å². The Labute approximate surface area is 233 Å². The number of ether oxygens (including phenoxy) is 1. The van der Waals surface area contributed by atoms with Crippen molar-refractivity contribution < 1.29 is 9.53 Å². The number of nitrogens with two attached hydrogens (primary N) is 1. The third-order valence-electron chi connectivity index (χ3n) is 8.90. The molecule has 2 N–H and O–H groups in total.